The SMILES string of the molecule is CCOC(=O)N1CCN(C(=O)Cc2ccc(OCc3c(C)noc3C)cc2)CC1. The molecule has 1 aromatic heterocycles. The van der Waals surface area contributed by atoms with E-state index in [0.717, 1.165) is 28.3 Å². The molecule has 8 nitrogen and oxygen atoms in total. The Morgan fingerprint density at radius 3 is 2.31 bits per heavy atom. The predicted octanol–water partition coefficient (Wildman–Crippen LogP) is 2.71. The zero-order chi connectivity index (χ0) is 20.8. The largest absolute Gasteiger partial charge is 0.489 e. The van der Waals surface area contributed by atoms with Crippen molar-refractivity contribution in [3.8, 4) is 5.75 Å². The van der Waals surface area contributed by atoms with E-state index >= 15 is 0 Å². The first kappa shape index (κ1) is 20.7. The number of hydrogen-bond donors (Lipinski definition) is 0. The summed E-state index contributed by atoms with van der Waals surface area (Å²) in [5, 5.41) is 3.92. The molecule has 29 heavy (non-hydrogen) atoms. The molecular weight excluding hydrogens is 374 g/mol. The zero-order valence-electron chi connectivity index (χ0n) is 17.1. The summed E-state index contributed by atoms with van der Waals surface area (Å²) in [5.41, 5.74) is 2.70. The number of rotatable bonds is 6. The molecule has 1 aliphatic heterocycles. The maximum Gasteiger partial charge on any atom is 0.409 e. The molecule has 3 rings (SSSR count). The van der Waals surface area contributed by atoms with Crippen LogP contribution in [-0.2, 0) is 22.6 Å². The van der Waals surface area contributed by atoms with Crippen LogP contribution >= 0.6 is 0 Å². The third-order valence-electron chi connectivity index (χ3n) is 5.00. The molecule has 0 bridgehead atoms. The Kier molecular flexibility index (Phi) is 6.74. The highest BCUT2D eigenvalue weighted by Gasteiger charge is 2.24. The van der Waals surface area contributed by atoms with Gasteiger partial charge < -0.3 is 23.8 Å². The van der Waals surface area contributed by atoms with Crippen LogP contribution in [0.3, 0.4) is 0 Å². The van der Waals surface area contributed by atoms with Gasteiger partial charge in [-0.25, -0.2) is 4.79 Å². The maximum absolute atomic E-state index is 12.6. The molecule has 0 aliphatic carbocycles. The predicted molar refractivity (Wildman–Crippen MR) is 106 cm³/mol. The highest BCUT2D eigenvalue weighted by molar-refractivity contribution is 5.79. The van der Waals surface area contributed by atoms with E-state index in [1.165, 1.54) is 0 Å². The lowest BCUT2D eigenvalue weighted by Gasteiger charge is -2.34. The van der Waals surface area contributed by atoms with Gasteiger partial charge in [0, 0.05) is 26.2 Å². The lowest BCUT2D eigenvalue weighted by Crippen LogP contribution is -2.51. The van der Waals surface area contributed by atoms with Crippen LogP contribution in [0, 0.1) is 13.8 Å². The molecule has 0 unspecified atom stereocenters. The molecule has 2 heterocycles. The van der Waals surface area contributed by atoms with Gasteiger partial charge in [-0.2, -0.15) is 0 Å². The molecule has 1 aromatic carbocycles. The number of ether oxygens (including phenoxy) is 2. The average Bonchev–Trinajstić information content (AvgIpc) is 3.05. The Bertz CT molecular complexity index is 819. The summed E-state index contributed by atoms with van der Waals surface area (Å²) in [6, 6.07) is 7.52. The van der Waals surface area contributed by atoms with Gasteiger partial charge in [-0.05, 0) is 38.5 Å². The fourth-order valence-corrected chi connectivity index (χ4v) is 3.21. The molecule has 156 valence electrons. The molecule has 1 aliphatic rings. The van der Waals surface area contributed by atoms with Gasteiger partial charge in [-0.3, -0.25) is 4.79 Å². The van der Waals surface area contributed by atoms with Crippen LogP contribution in [0.5, 0.6) is 5.75 Å². The van der Waals surface area contributed by atoms with Crippen molar-refractivity contribution in [2.24, 2.45) is 0 Å². The number of aryl methyl sites for hydroxylation is 2. The number of aromatic nitrogens is 1. The standard InChI is InChI=1S/C21H27N3O5/c1-4-27-21(26)24-11-9-23(10-12-24)20(25)13-17-5-7-18(8-6-17)28-14-19-15(2)22-29-16(19)3/h5-8H,4,9-14H2,1-3H3. The smallest absolute Gasteiger partial charge is 0.409 e. The first-order chi connectivity index (χ1) is 14.0. The lowest BCUT2D eigenvalue weighted by atomic mass is 10.1. The highest BCUT2D eigenvalue weighted by atomic mass is 16.6. The third kappa shape index (κ3) is 5.28. The fraction of sp³-hybridized carbons (Fsp3) is 0.476. The first-order valence-corrected chi connectivity index (χ1v) is 9.81. The topological polar surface area (TPSA) is 85.1 Å². The second-order valence-electron chi connectivity index (χ2n) is 6.98. The Morgan fingerprint density at radius 2 is 1.72 bits per heavy atom. The van der Waals surface area contributed by atoms with E-state index in [2.05, 4.69) is 5.16 Å². The van der Waals surface area contributed by atoms with Gasteiger partial charge in [0.2, 0.25) is 5.91 Å². The summed E-state index contributed by atoms with van der Waals surface area (Å²) in [5.74, 6) is 1.54. The van der Waals surface area contributed by atoms with Crippen molar-refractivity contribution in [2.45, 2.75) is 33.8 Å². The summed E-state index contributed by atoms with van der Waals surface area (Å²) in [4.78, 5) is 27.7. The first-order valence-electron chi connectivity index (χ1n) is 9.81. The van der Waals surface area contributed by atoms with Crippen LogP contribution in [0.2, 0.25) is 0 Å². The highest BCUT2D eigenvalue weighted by Crippen LogP contribution is 2.18. The molecule has 1 saturated heterocycles. The monoisotopic (exact) mass is 401 g/mol. The van der Waals surface area contributed by atoms with Crippen molar-refractivity contribution in [3.63, 3.8) is 0 Å². The molecule has 8 heteroatoms. The lowest BCUT2D eigenvalue weighted by molar-refractivity contribution is -0.132. The summed E-state index contributed by atoms with van der Waals surface area (Å²) in [7, 11) is 0. The van der Waals surface area contributed by atoms with Crippen molar-refractivity contribution in [2.75, 3.05) is 32.8 Å². The molecule has 2 aromatic rings. The van der Waals surface area contributed by atoms with Gasteiger partial charge in [-0.15, -0.1) is 0 Å². The Balaban J connectivity index is 1.47. The minimum absolute atomic E-state index is 0.0536. The Hall–Kier alpha value is -3.03. The van der Waals surface area contributed by atoms with Crippen molar-refractivity contribution >= 4 is 12.0 Å². The molecule has 1 fully saturated rings. The molecule has 0 spiro atoms. The number of piperazine rings is 1. The van der Waals surface area contributed by atoms with Gasteiger partial charge >= 0.3 is 6.09 Å². The van der Waals surface area contributed by atoms with Gasteiger partial charge in [0.25, 0.3) is 0 Å². The van der Waals surface area contributed by atoms with Crippen LogP contribution in [0.4, 0.5) is 4.79 Å². The number of amides is 2. The van der Waals surface area contributed by atoms with Crippen molar-refractivity contribution in [1.29, 1.82) is 0 Å². The second-order valence-corrected chi connectivity index (χ2v) is 6.98. The van der Waals surface area contributed by atoms with Crippen LogP contribution in [0.1, 0.15) is 29.5 Å². The van der Waals surface area contributed by atoms with Crippen LogP contribution in [0.25, 0.3) is 0 Å². The van der Waals surface area contributed by atoms with E-state index < -0.39 is 0 Å². The van der Waals surface area contributed by atoms with E-state index in [9.17, 15) is 9.59 Å². The van der Waals surface area contributed by atoms with E-state index in [4.69, 9.17) is 14.0 Å². The number of carbonyl (C=O) groups excluding carboxylic acids is 2. The van der Waals surface area contributed by atoms with Crippen LogP contribution < -0.4 is 4.74 Å². The second kappa shape index (κ2) is 9.45. The van der Waals surface area contributed by atoms with Crippen LogP contribution in [0.15, 0.2) is 28.8 Å². The number of carbonyl (C=O) groups is 2. The van der Waals surface area contributed by atoms with Crippen molar-refractivity contribution in [3.05, 3.63) is 46.8 Å². The summed E-state index contributed by atoms with van der Waals surface area (Å²) in [6.45, 7) is 8.33. The van der Waals surface area contributed by atoms with E-state index in [1.807, 2.05) is 38.1 Å². The summed E-state index contributed by atoms with van der Waals surface area (Å²) in [6.07, 6.45) is 0.00980. The summed E-state index contributed by atoms with van der Waals surface area (Å²) >= 11 is 0. The average molecular weight is 401 g/mol. The molecule has 0 N–H and O–H groups in total. The van der Waals surface area contributed by atoms with Gasteiger partial charge in [0.1, 0.15) is 18.1 Å². The van der Waals surface area contributed by atoms with Crippen molar-refractivity contribution in [1.82, 2.24) is 15.0 Å². The van der Waals surface area contributed by atoms with Crippen molar-refractivity contribution < 1.29 is 23.6 Å². The quantitative estimate of drug-likeness (QED) is 0.740. The molecule has 0 atom stereocenters. The van der Waals surface area contributed by atoms with Gasteiger partial charge in [0.15, 0.2) is 0 Å². The minimum Gasteiger partial charge on any atom is -0.489 e. The van der Waals surface area contributed by atoms with E-state index in [1.54, 1.807) is 16.7 Å². The minimum atomic E-state index is -0.313. The zero-order valence-corrected chi connectivity index (χ0v) is 17.1. The number of nitrogens with zero attached hydrogens (tertiary/aromatic N) is 3. The van der Waals surface area contributed by atoms with Crippen LogP contribution in [-0.4, -0.2) is 59.7 Å². The van der Waals surface area contributed by atoms with Gasteiger partial charge in [0.05, 0.1) is 24.3 Å². The normalized spacial score (nSPS) is 14.0. The maximum atomic E-state index is 12.6. The summed E-state index contributed by atoms with van der Waals surface area (Å²) < 4.78 is 15.9. The van der Waals surface area contributed by atoms with E-state index in [0.29, 0.717) is 45.8 Å². The number of benzene rings is 1. The Labute approximate surface area is 170 Å². The molecule has 0 radical (unpaired) electrons. The fourth-order valence-electron chi connectivity index (χ4n) is 3.21. The number of hydrogen-bond acceptors (Lipinski definition) is 6. The molecule has 0 saturated carbocycles. The Morgan fingerprint density at radius 1 is 1.07 bits per heavy atom. The molecule has 2 amide bonds. The van der Waals surface area contributed by atoms with Gasteiger partial charge in [-0.1, -0.05) is 17.3 Å². The third-order valence-corrected chi connectivity index (χ3v) is 5.00. The van der Waals surface area contributed by atoms with E-state index in [-0.39, 0.29) is 12.0 Å². The molecular formula is C21H27N3O5.